The van der Waals surface area contributed by atoms with E-state index >= 15 is 0 Å². The summed E-state index contributed by atoms with van der Waals surface area (Å²) in [6.07, 6.45) is 7.26. The van der Waals surface area contributed by atoms with Gasteiger partial charge in [0.05, 0.1) is 18.8 Å². The van der Waals surface area contributed by atoms with E-state index in [0.717, 1.165) is 68.7 Å². The van der Waals surface area contributed by atoms with Crippen molar-refractivity contribution in [3.05, 3.63) is 48.2 Å². The lowest BCUT2D eigenvalue weighted by molar-refractivity contribution is -0.141. The second kappa shape index (κ2) is 10.5. The van der Waals surface area contributed by atoms with E-state index in [-0.39, 0.29) is 18.1 Å². The van der Waals surface area contributed by atoms with E-state index < -0.39 is 0 Å². The highest BCUT2D eigenvalue weighted by molar-refractivity contribution is 5.94. The Labute approximate surface area is 209 Å². The molecule has 0 saturated carbocycles. The van der Waals surface area contributed by atoms with Crippen molar-refractivity contribution in [1.82, 2.24) is 9.88 Å². The molecule has 1 spiro atoms. The zero-order valence-electron chi connectivity index (χ0n) is 21.1. The second-order valence-electron chi connectivity index (χ2n) is 10.4. The Kier molecular flexibility index (Phi) is 7.25. The number of benzene rings is 1. The number of anilines is 2. The maximum atomic E-state index is 12.6. The molecule has 0 aliphatic carbocycles. The van der Waals surface area contributed by atoms with Gasteiger partial charge in [0.15, 0.2) is 0 Å². The minimum atomic E-state index is -0.300. The first-order chi connectivity index (χ1) is 17.0. The Bertz CT molecular complexity index is 1000. The minimum Gasteiger partial charge on any atom is -0.494 e. The number of carbonyl (C=O) groups is 1. The quantitative estimate of drug-likeness (QED) is 0.560. The first kappa shape index (κ1) is 24.1. The lowest BCUT2D eigenvalue weighted by Crippen LogP contribution is -2.59. The number of aromatic nitrogens is 1. The van der Waals surface area contributed by atoms with Crippen LogP contribution < -0.4 is 14.5 Å². The van der Waals surface area contributed by atoms with Crippen molar-refractivity contribution in [3.8, 4) is 5.75 Å². The van der Waals surface area contributed by atoms with Crippen molar-refractivity contribution < 1.29 is 14.3 Å². The molecular weight excluding hydrogens is 440 g/mol. The van der Waals surface area contributed by atoms with Crippen LogP contribution in [0.2, 0.25) is 0 Å². The van der Waals surface area contributed by atoms with Crippen LogP contribution in [0.3, 0.4) is 0 Å². The van der Waals surface area contributed by atoms with E-state index in [1.165, 1.54) is 25.1 Å². The second-order valence-corrected chi connectivity index (χ2v) is 10.4. The van der Waals surface area contributed by atoms with Crippen LogP contribution in [0.25, 0.3) is 0 Å². The summed E-state index contributed by atoms with van der Waals surface area (Å²) < 4.78 is 12.1. The first-order valence-corrected chi connectivity index (χ1v) is 13.1. The molecule has 0 bridgehead atoms. The molecule has 7 heteroatoms. The number of rotatable bonds is 7. The number of piperidine rings is 1. The largest absolute Gasteiger partial charge is 0.494 e. The fourth-order valence-corrected chi connectivity index (χ4v) is 5.60. The summed E-state index contributed by atoms with van der Waals surface area (Å²) in [7, 11) is 0. The summed E-state index contributed by atoms with van der Waals surface area (Å²) in [5, 5.41) is 0. The van der Waals surface area contributed by atoms with Crippen molar-refractivity contribution in [1.29, 1.82) is 0 Å². The summed E-state index contributed by atoms with van der Waals surface area (Å²) in [5.41, 5.74) is 2.01. The Morgan fingerprint density at radius 3 is 2.66 bits per heavy atom. The van der Waals surface area contributed by atoms with Gasteiger partial charge in [0.25, 0.3) is 5.91 Å². The molecule has 2 aromatic rings. The van der Waals surface area contributed by atoms with Crippen LogP contribution in [0.1, 0.15) is 44.6 Å². The lowest BCUT2D eigenvalue weighted by atomic mass is 9.89. The molecule has 3 saturated heterocycles. The lowest BCUT2D eigenvalue weighted by Gasteiger charge is -2.47. The van der Waals surface area contributed by atoms with E-state index in [1.54, 1.807) is 6.20 Å². The van der Waals surface area contributed by atoms with Gasteiger partial charge in [-0.2, -0.15) is 0 Å². The highest BCUT2D eigenvalue weighted by Crippen LogP contribution is 2.34. The summed E-state index contributed by atoms with van der Waals surface area (Å²) in [6, 6.07) is 13.1. The predicted octanol–water partition coefficient (Wildman–Crippen LogP) is 4.05. The highest BCUT2D eigenvalue weighted by Gasteiger charge is 2.43. The molecule has 1 amide bonds. The molecular formula is C28H38N4O3. The number of hydrogen-bond donors (Lipinski definition) is 0. The maximum absolute atomic E-state index is 12.6. The number of likely N-dealkylation sites (tertiary alicyclic amines) is 1. The molecule has 7 nitrogen and oxygen atoms in total. The molecule has 1 aromatic carbocycles. The monoisotopic (exact) mass is 478 g/mol. The average Bonchev–Trinajstić information content (AvgIpc) is 3.29. The highest BCUT2D eigenvalue weighted by atomic mass is 16.5. The van der Waals surface area contributed by atoms with Crippen molar-refractivity contribution >= 4 is 17.4 Å². The topological polar surface area (TPSA) is 58.1 Å². The smallest absolute Gasteiger partial charge is 0.254 e. The third-order valence-corrected chi connectivity index (χ3v) is 7.85. The van der Waals surface area contributed by atoms with Gasteiger partial charge in [-0.15, -0.1) is 0 Å². The van der Waals surface area contributed by atoms with Crippen LogP contribution in [0.5, 0.6) is 5.75 Å². The van der Waals surface area contributed by atoms with E-state index in [1.807, 2.05) is 24.0 Å². The van der Waals surface area contributed by atoms with Gasteiger partial charge in [-0.3, -0.25) is 9.69 Å². The molecule has 35 heavy (non-hydrogen) atoms. The zero-order chi connectivity index (χ0) is 24.3. The molecule has 1 atom stereocenters. The van der Waals surface area contributed by atoms with Crippen LogP contribution >= 0.6 is 0 Å². The number of pyridine rings is 1. The number of carbonyl (C=O) groups excluding carboxylic acids is 1. The molecule has 4 heterocycles. The summed E-state index contributed by atoms with van der Waals surface area (Å²) >= 11 is 0. The Balaban J connectivity index is 1.11. The van der Waals surface area contributed by atoms with Gasteiger partial charge in [-0.05, 0) is 94.5 Å². The Morgan fingerprint density at radius 2 is 1.94 bits per heavy atom. The zero-order valence-corrected chi connectivity index (χ0v) is 21.1. The molecule has 3 aliphatic heterocycles. The molecule has 3 aliphatic rings. The van der Waals surface area contributed by atoms with Gasteiger partial charge < -0.3 is 19.3 Å². The molecule has 188 valence electrons. The minimum absolute atomic E-state index is 0.0123. The molecule has 0 unspecified atom stereocenters. The van der Waals surface area contributed by atoms with Crippen LogP contribution in [-0.2, 0) is 9.53 Å². The maximum Gasteiger partial charge on any atom is 0.254 e. The van der Waals surface area contributed by atoms with Gasteiger partial charge >= 0.3 is 0 Å². The van der Waals surface area contributed by atoms with Gasteiger partial charge in [0.2, 0.25) is 0 Å². The van der Waals surface area contributed by atoms with Gasteiger partial charge in [0, 0.05) is 37.6 Å². The van der Waals surface area contributed by atoms with E-state index in [0.29, 0.717) is 6.54 Å². The fraction of sp³-hybridized carbons (Fsp3) is 0.571. The molecule has 5 rings (SSSR count). The number of morpholine rings is 1. The third-order valence-electron chi connectivity index (χ3n) is 7.85. The van der Waals surface area contributed by atoms with Gasteiger partial charge in [0.1, 0.15) is 18.2 Å². The normalized spacial score (nSPS) is 22.7. The van der Waals surface area contributed by atoms with Crippen LogP contribution in [-0.4, -0.2) is 73.4 Å². The van der Waals surface area contributed by atoms with E-state index in [2.05, 4.69) is 46.0 Å². The van der Waals surface area contributed by atoms with Crippen LogP contribution in [0.4, 0.5) is 11.5 Å². The van der Waals surface area contributed by atoms with Gasteiger partial charge in [-0.1, -0.05) is 0 Å². The molecule has 1 aromatic heterocycles. The fourth-order valence-electron chi connectivity index (χ4n) is 5.60. The van der Waals surface area contributed by atoms with Crippen LogP contribution in [0, 0.1) is 6.92 Å². The van der Waals surface area contributed by atoms with Crippen molar-refractivity contribution in [2.75, 3.05) is 55.7 Å². The van der Waals surface area contributed by atoms with E-state index in [9.17, 15) is 4.79 Å². The molecule has 0 N–H and O–H groups in total. The summed E-state index contributed by atoms with van der Waals surface area (Å²) in [5.74, 6) is 1.65. The van der Waals surface area contributed by atoms with Crippen molar-refractivity contribution in [3.63, 3.8) is 0 Å². The number of nitrogens with zero attached hydrogens (tertiary/aromatic N) is 4. The molecule has 0 radical (unpaired) electrons. The average molecular weight is 479 g/mol. The van der Waals surface area contributed by atoms with Gasteiger partial charge in [-0.25, -0.2) is 4.98 Å². The SMILES string of the molecule is Cc1ccnc(N2CC3(CCN(c4ccc(OCCCN5CCC[C@H]5C)cc4)CC3)OCC2=O)c1. The summed E-state index contributed by atoms with van der Waals surface area (Å²) in [6.45, 7) is 9.96. The predicted molar refractivity (Wildman–Crippen MR) is 138 cm³/mol. The third kappa shape index (κ3) is 5.62. The first-order valence-electron chi connectivity index (χ1n) is 13.1. The number of aryl methyl sites for hydroxylation is 1. The van der Waals surface area contributed by atoms with Crippen molar-refractivity contribution in [2.24, 2.45) is 0 Å². The summed E-state index contributed by atoms with van der Waals surface area (Å²) in [4.78, 5) is 23.8. The molecule has 3 fully saturated rings. The Morgan fingerprint density at radius 1 is 1.14 bits per heavy atom. The number of ether oxygens (including phenoxy) is 2. The number of hydrogen-bond acceptors (Lipinski definition) is 6. The van der Waals surface area contributed by atoms with Crippen molar-refractivity contribution in [2.45, 2.75) is 57.6 Å². The van der Waals surface area contributed by atoms with Crippen LogP contribution in [0.15, 0.2) is 42.6 Å². The van der Waals surface area contributed by atoms with E-state index in [4.69, 9.17) is 9.47 Å². The Hall–Kier alpha value is -2.64. The standard InChI is InChI=1S/C28H38N4O3/c1-22-10-13-29-26(19-22)32-21-28(35-20-27(32)33)11-16-31(17-12-28)24-6-8-25(9-7-24)34-18-4-15-30-14-3-5-23(30)2/h6-10,13,19,23H,3-5,11-12,14-18,20-21H2,1-2H3/t23-/m1/s1. The number of amides is 1.